The van der Waals surface area contributed by atoms with Gasteiger partial charge in [0.2, 0.25) is 0 Å². The average molecular weight is 417 g/mol. The number of hydrogen-bond acceptors (Lipinski definition) is 6. The fourth-order valence-electron chi connectivity index (χ4n) is 3.36. The van der Waals surface area contributed by atoms with Crippen molar-refractivity contribution in [3.05, 3.63) is 46.5 Å². The Labute approximate surface area is 177 Å². The third kappa shape index (κ3) is 6.42. The van der Waals surface area contributed by atoms with Crippen LogP contribution in [0.3, 0.4) is 0 Å². The van der Waals surface area contributed by atoms with Gasteiger partial charge in [0.05, 0.1) is 18.3 Å². The summed E-state index contributed by atoms with van der Waals surface area (Å²) in [5.41, 5.74) is 3.75. The molecule has 1 aromatic heterocycles. The monoisotopic (exact) mass is 416 g/mol. The molecule has 8 heteroatoms. The van der Waals surface area contributed by atoms with Gasteiger partial charge in [0.25, 0.3) is 0 Å². The molecule has 3 N–H and O–H groups in total. The van der Waals surface area contributed by atoms with Gasteiger partial charge >= 0.3 is 0 Å². The first kappa shape index (κ1) is 21.5. The Bertz CT molecular complexity index is 806. The van der Waals surface area contributed by atoms with Gasteiger partial charge in [-0.15, -0.1) is 11.3 Å². The second-order valence-electron chi connectivity index (χ2n) is 7.50. The van der Waals surface area contributed by atoms with Gasteiger partial charge in [-0.2, -0.15) is 0 Å². The molecule has 1 aliphatic rings. The van der Waals surface area contributed by atoms with Crippen LogP contribution in [-0.2, 0) is 19.5 Å². The number of guanidine groups is 1. The highest BCUT2D eigenvalue weighted by molar-refractivity contribution is 7.13. The molecule has 0 bridgehead atoms. The minimum atomic E-state index is -0.455. The first-order valence-corrected chi connectivity index (χ1v) is 11.0. The van der Waals surface area contributed by atoms with Gasteiger partial charge in [-0.05, 0) is 24.5 Å². The highest BCUT2D eigenvalue weighted by Crippen LogP contribution is 2.19. The Morgan fingerprint density at radius 3 is 2.83 bits per heavy atom. The van der Waals surface area contributed by atoms with Crippen LogP contribution in [0.1, 0.15) is 23.7 Å². The minimum absolute atomic E-state index is 0.455. The Morgan fingerprint density at radius 2 is 2.10 bits per heavy atom. The topological polar surface area (TPSA) is 76.0 Å². The molecule has 0 saturated carbocycles. The van der Waals surface area contributed by atoms with Gasteiger partial charge in [0.1, 0.15) is 0 Å². The van der Waals surface area contributed by atoms with E-state index in [0.717, 1.165) is 36.9 Å². The quantitative estimate of drug-likeness (QED) is 0.449. The van der Waals surface area contributed by atoms with Crippen molar-refractivity contribution < 1.29 is 5.11 Å². The van der Waals surface area contributed by atoms with Gasteiger partial charge in [-0.1, -0.05) is 24.3 Å². The molecule has 0 aliphatic carbocycles. The van der Waals surface area contributed by atoms with Crippen molar-refractivity contribution >= 4 is 22.4 Å². The van der Waals surface area contributed by atoms with Crippen molar-refractivity contribution in [2.45, 2.75) is 32.5 Å². The molecule has 1 atom stereocenters. The van der Waals surface area contributed by atoms with E-state index in [-0.39, 0.29) is 0 Å². The lowest BCUT2D eigenvalue weighted by molar-refractivity contribution is 0.108. The molecular weight excluding hydrogens is 384 g/mol. The van der Waals surface area contributed by atoms with Crippen LogP contribution < -0.4 is 15.5 Å². The maximum absolute atomic E-state index is 10.5. The Kier molecular flexibility index (Phi) is 7.85. The molecule has 1 unspecified atom stereocenters. The number of thiazole rings is 1. The van der Waals surface area contributed by atoms with Gasteiger partial charge in [0, 0.05) is 52.2 Å². The zero-order valence-corrected chi connectivity index (χ0v) is 18.4. The van der Waals surface area contributed by atoms with E-state index in [1.165, 1.54) is 11.1 Å². The second kappa shape index (κ2) is 10.6. The number of aromatic nitrogens is 1. The third-order valence-electron chi connectivity index (χ3n) is 4.85. The Hall–Kier alpha value is -2.16. The van der Waals surface area contributed by atoms with Gasteiger partial charge in [-0.3, -0.25) is 4.90 Å². The van der Waals surface area contributed by atoms with Crippen LogP contribution in [0.5, 0.6) is 0 Å². The average Bonchev–Trinajstić information content (AvgIpc) is 3.19. The first-order valence-electron chi connectivity index (χ1n) is 10.2. The van der Waals surface area contributed by atoms with Crippen LogP contribution in [0.15, 0.2) is 34.6 Å². The maximum Gasteiger partial charge on any atom is 0.191 e. The molecular formula is C21H32N6OS. The van der Waals surface area contributed by atoms with Crippen LogP contribution in [0.2, 0.25) is 0 Å². The van der Waals surface area contributed by atoms with Gasteiger partial charge in [-0.25, -0.2) is 9.98 Å². The van der Waals surface area contributed by atoms with E-state index in [4.69, 9.17) is 0 Å². The van der Waals surface area contributed by atoms with E-state index in [1.807, 2.05) is 31.3 Å². The molecule has 0 amide bonds. The maximum atomic E-state index is 10.5. The summed E-state index contributed by atoms with van der Waals surface area (Å²) >= 11 is 1.61. The molecule has 0 radical (unpaired) electrons. The molecule has 7 nitrogen and oxygen atoms in total. The van der Waals surface area contributed by atoms with E-state index in [9.17, 15) is 5.11 Å². The lowest BCUT2D eigenvalue weighted by Gasteiger charge is -2.30. The van der Waals surface area contributed by atoms with Crippen molar-refractivity contribution in [2.24, 2.45) is 4.99 Å². The number of aliphatic hydroxyl groups is 1. The fourth-order valence-corrected chi connectivity index (χ4v) is 4.11. The lowest BCUT2D eigenvalue weighted by atomic mass is 10.00. The van der Waals surface area contributed by atoms with Gasteiger partial charge in [0.15, 0.2) is 11.1 Å². The summed E-state index contributed by atoms with van der Waals surface area (Å²) in [5.74, 6) is 0.704. The molecule has 1 aliphatic heterocycles. The van der Waals surface area contributed by atoms with Crippen LogP contribution in [0.25, 0.3) is 0 Å². The zero-order chi connectivity index (χ0) is 20.6. The third-order valence-corrected chi connectivity index (χ3v) is 5.91. The summed E-state index contributed by atoms with van der Waals surface area (Å²) in [6.07, 6.45) is 0.590. The number of nitrogens with zero attached hydrogens (tertiary/aromatic N) is 4. The van der Waals surface area contributed by atoms with Crippen LogP contribution in [0, 0.1) is 0 Å². The molecule has 1 aromatic carbocycles. The van der Waals surface area contributed by atoms with Gasteiger partial charge < -0.3 is 20.6 Å². The number of rotatable bonds is 8. The fraction of sp³-hybridized carbons (Fsp3) is 0.524. The van der Waals surface area contributed by atoms with Crippen molar-refractivity contribution in [1.82, 2.24) is 20.5 Å². The summed E-state index contributed by atoms with van der Waals surface area (Å²) in [7, 11) is 3.97. The van der Waals surface area contributed by atoms with Crippen LogP contribution in [0.4, 0.5) is 5.13 Å². The number of nitrogens with one attached hydrogen (secondary N) is 2. The molecule has 3 rings (SSSR count). The van der Waals surface area contributed by atoms with E-state index in [2.05, 4.69) is 49.8 Å². The molecule has 2 aromatic rings. The van der Waals surface area contributed by atoms with Crippen molar-refractivity contribution in [1.29, 1.82) is 0 Å². The molecule has 0 spiro atoms. The number of benzene rings is 1. The predicted octanol–water partition coefficient (Wildman–Crippen LogP) is 1.68. The van der Waals surface area contributed by atoms with E-state index in [0.29, 0.717) is 25.6 Å². The standard InChI is InChI=1S/C21H32N6OS/c1-4-22-20(23-11-18-15-29-21(25-18)26(2)3)24-12-19(28)14-27-10-9-16-7-5-6-8-17(16)13-27/h5-8,15,19,28H,4,9-14H2,1-3H3,(H2,22,23,24). The second-order valence-corrected chi connectivity index (χ2v) is 8.34. The number of aliphatic imine (C=N–C) groups is 1. The van der Waals surface area contributed by atoms with E-state index in [1.54, 1.807) is 11.3 Å². The predicted molar refractivity (Wildman–Crippen MR) is 121 cm³/mol. The molecule has 158 valence electrons. The summed E-state index contributed by atoms with van der Waals surface area (Å²) < 4.78 is 0. The Morgan fingerprint density at radius 1 is 1.31 bits per heavy atom. The van der Waals surface area contributed by atoms with Crippen LogP contribution in [-0.4, -0.2) is 67.3 Å². The number of hydrogen-bond donors (Lipinski definition) is 3. The van der Waals surface area contributed by atoms with E-state index < -0.39 is 6.10 Å². The number of anilines is 1. The van der Waals surface area contributed by atoms with Crippen molar-refractivity contribution in [3.63, 3.8) is 0 Å². The summed E-state index contributed by atoms with van der Waals surface area (Å²) in [6, 6.07) is 8.57. The zero-order valence-electron chi connectivity index (χ0n) is 17.6. The van der Waals surface area contributed by atoms with Crippen molar-refractivity contribution in [3.8, 4) is 0 Å². The Balaban J connectivity index is 1.47. The number of β-amino-alcohol motifs (C(OH)–C–C–N with tert-alkyl or cyclic N) is 1. The summed E-state index contributed by atoms with van der Waals surface area (Å²) in [4.78, 5) is 13.5. The van der Waals surface area contributed by atoms with Crippen LogP contribution >= 0.6 is 11.3 Å². The SMILES string of the molecule is CCNC(=NCc1csc(N(C)C)n1)NCC(O)CN1CCc2ccccc2C1. The van der Waals surface area contributed by atoms with E-state index >= 15 is 0 Å². The summed E-state index contributed by atoms with van der Waals surface area (Å²) in [5, 5.41) is 20.0. The highest BCUT2D eigenvalue weighted by atomic mass is 32.1. The molecule has 0 fully saturated rings. The highest BCUT2D eigenvalue weighted by Gasteiger charge is 2.18. The van der Waals surface area contributed by atoms with Crippen molar-refractivity contribution in [2.75, 3.05) is 45.2 Å². The number of fused-ring (bicyclic) bond motifs is 1. The normalized spacial score (nSPS) is 15.7. The molecule has 0 saturated heterocycles. The lowest BCUT2D eigenvalue weighted by Crippen LogP contribution is -2.45. The first-order chi connectivity index (χ1) is 14.0. The largest absolute Gasteiger partial charge is 0.390 e. The molecule has 29 heavy (non-hydrogen) atoms. The number of aliphatic hydroxyl groups excluding tert-OH is 1. The smallest absolute Gasteiger partial charge is 0.191 e. The minimum Gasteiger partial charge on any atom is -0.390 e. The molecule has 2 heterocycles. The summed E-state index contributed by atoms with van der Waals surface area (Å²) in [6.45, 7) is 6.32.